The Bertz CT molecular complexity index is 1030. The number of aryl methyl sites for hydroxylation is 1. The number of fused-ring (bicyclic) bond motifs is 6. The van der Waals surface area contributed by atoms with Crippen molar-refractivity contribution in [3.05, 3.63) is 65.4 Å². The van der Waals surface area contributed by atoms with E-state index in [0.29, 0.717) is 41.7 Å². The third-order valence-corrected chi connectivity index (χ3v) is 5.35. The Morgan fingerprint density at radius 3 is 2.83 bits per heavy atom. The highest BCUT2D eigenvalue weighted by atomic mass is 32.2. The van der Waals surface area contributed by atoms with Gasteiger partial charge in [0.2, 0.25) is 5.88 Å². The van der Waals surface area contributed by atoms with Crippen LogP contribution in [0.3, 0.4) is 0 Å². The maximum Gasteiger partial charge on any atom is 0.215 e. The van der Waals surface area contributed by atoms with E-state index in [1.54, 1.807) is 23.9 Å². The molecule has 0 unspecified atom stereocenters. The molecule has 1 aliphatic heterocycles. The Morgan fingerprint density at radius 2 is 1.97 bits per heavy atom. The lowest BCUT2D eigenvalue weighted by atomic mass is 9.96. The number of hydrogen-bond donors (Lipinski definition) is 1. The molecule has 4 rings (SSSR count). The lowest BCUT2D eigenvalue weighted by Crippen LogP contribution is -2.05. The largest absolute Gasteiger partial charge is 0.478 e. The fourth-order valence-electron chi connectivity index (χ4n) is 3.42. The number of aromatic nitrogens is 2. The van der Waals surface area contributed by atoms with Crippen molar-refractivity contribution in [1.82, 2.24) is 9.97 Å². The van der Waals surface area contributed by atoms with Crippen LogP contribution in [0.25, 0.3) is 11.1 Å². The molecular weight excluding hydrogens is 392 g/mol. The lowest BCUT2D eigenvalue weighted by molar-refractivity contribution is 0.296. The first-order valence-corrected chi connectivity index (χ1v) is 10.9. The molecule has 1 N–H and O–H groups in total. The summed E-state index contributed by atoms with van der Waals surface area (Å²) in [4.78, 5) is 8.66. The highest BCUT2D eigenvalue weighted by Crippen LogP contribution is 2.31. The van der Waals surface area contributed by atoms with Crippen LogP contribution in [0.15, 0.2) is 42.6 Å². The van der Waals surface area contributed by atoms with Gasteiger partial charge in [-0.2, -0.15) is 16.7 Å². The van der Waals surface area contributed by atoms with E-state index >= 15 is 0 Å². The molecule has 1 aliphatic rings. The highest BCUT2D eigenvalue weighted by Gasteiger charge is 2.14. The maximum atomic E-state index is 14.6. The van der Waals surface area contributed by atoms with Crippen LogP contribution in [-0.2, 0) is 12.2 Å². The Morgan fingerprint density at radius 1 is 1.07 bits per heavy atom. The average Bonchev–Trinajstić information content (AvgIpc) is 2.69. The fraction of sp³-hybridized carbons (Fsp3) is 0.273. The lowest BCUT2D eigenvalue weighted by Gasteiger charge is -2.15. The second kappa shape index (κ2) is 8.78. The molecule has 0 amide bonds. The van der Waals surface area contributed by atoms with E-state index in [0.717, 1.165) is 29.7 Å². The molecule has 1 aromatic carbocycles. The number of nitrogens with zero attached hydrogens (tertiary/aromatic N) is 2. The van der Waals surface area contributed by atoms with E-state index in [9.17, 15) is 8.78 Å². The van der Waals surface area contributed by atoms with Crippen molar-refractivity contribution in [2.75, 3.05) is 18.2 Å². The normalized spacial score (nSPS) is 13.6. The molecule has 0 atom stereocenters. The zero-order valence-electron chi connectivity index (χ0n) is 16.0. The number of thioether (sulfide) groups is 1. The molecule has 0 aliphatic carbocycles. The van der Waals surface area contributed by atoms with Gasteiger partial charge in [0.1, 0.15) is 23.3 Å². The molecule has 4 nitrogen and oxygen atoms in total. The summed E-state index contributed by atoms with van der Waals surface area (Å²) in [5, 5.41) is 3.15. The van der Waals surface area contributed by atoms with E-state index in [1.807, 2.05) is 18.4 Å². The van der Waals surface area contributed by atoms with Gasteiger partial charge in [0, 0.05) is 17.4 Å². The third-order valence-electron chi connectivity index (χ3n) is 4.73. The standard InChI is InChI=1S/C22H21F2N3OS/c1-29-13-14-8-21-26-20-11-18(19(24)12-25-20)17-6-5-16(23)10-15(17)4-2-3-7-28-22(9-14)27-21/h5-6,8-12H,2-4,7,13H2,1H3,(H,25,26,27). The molecule has 0 saturated carbocycles. The number of pyridine rings is 2. The molecule has 2 aromatic heterocycles. The summed E-state index contributed by atoms with van der Waals surface area (Å²) in [6, 6.07) is 9.97. The minimum absolute atomic E-state index is 0.325. The van der Waals surface area contributed by atoms with Gasteiger partial charge in [-0.05, 0) is 66.5 Å². The van der Waals surface area contributed by atoms with Crippen molar-refractivity contribution in [2.24, 2.45) is 0 Å². The quantitative estimate of drug-likeness (QED) is 0.580. The topological polar surface area (TPSA) is 47.0 Å². The van der Waals surface area contributed by atoms with Crippen molar-refractivity contribution in [3.8, 4) is 17.0 Å². The molecule has 0 spiro atoms. The number of hydrogen-bond acceptors (Lipinski definition) is 5. The molecule has 0 fully saturated rings. The summed E-state index contributed by atoms with van der Waals surface area (Å²) < 4.78 is 34.3. The van der Waals surface area contributed by atoms with Crippen LogP contribution in [-0.4, -0.2) is 22.8 Å². The number of benzene rings is 1. The minimum Gasteiger partial charge on any atom is -0.478 e. The smallest absolute Gasteiger partial charge is 0.215 e. The number of anilines is 2. The predicted molar refractivity (Wildman–Crippen MR) is 113 cm³/mol. The van der Waals surface area contributed by atoms with Crippen LogP contribution in [0.1, 0.15) is 24.0 Å². The Kier molecular flexibility index (Phi) is 5.94. The summed E-state index contributed by atoms with van der Waals surface area (Å²) in [5.41, 5.74) is 2.93. The van der Waals surface area contributed by atoms with Crippen LogP contribution in [0.5, 0.6) is 5.88 Å². The molecule has 150 valence electrons. The van der Waals surface area contributed by atoms with Gasteiger partial charge in [-0.1, -0.05) is 6.07 Å². The first-order chi connectivity index (χ1) is 14.1. The van der Waals surface area contributed by atoms with Crippen LogP contribution < -0.4 is 10.1 Å². The summed E-state index contributed by atoms with van der Waals surface area (Å²) in [5.74, 6) is 1.67. The Hall–Kier alpha value is -2.67. The minimum atomic E-state index is -0.441. The van der Waals surface area contributed by atoms with E-state index < -0.39 is 5.82 Å². The third kappa shape index (κ3) is 4.67. The zero-order chi connectivity index (χ0) is 20.2. The van der Waals surface area contributed by atoms with E-state index in [1.165, 1.54) is 18.3 Å². The van der Waals surface area contributed by atoms with Crippen molar-refractivity contribution >= 4 is 23.4 Å². The highest BCUT2D eigenvalue weighted by molar-refractivity contribution is 7.97. The molecule has 29 heavy (non-hydrogen) atoms. The molecule has 3 heterocycles. The van der Waals surface area contributed by atoms with Gasteiger partial charge >= 0.3 is 0 Å². The maximum absolute atomic E-state index is 14.6. The molecule has 7 heteroatoms. The SMILES string of the molecule is CSCc1cc2nc(c1)OCCCCc1cc(F)ccc1-c1cc(ncc1F)N2. The summed E-state index contributed by atoms with van der Waals surface area (Å²) in [6.45, 7) is 0.512. The van der Waals surface area contributed by atoms with Crippen molar-refractivity contribution in [3.63, 3.8) is 0 Å². The van der Waals surface area contributed by atoms with Gasteiger partial charge in [0.15, 0.2) is 0 Å². The zero-order valence-corrected chi connectivity index (χ0v) is 16.9. The van der Waals surface area contributed by atoms with Gasteiger partial charge in [-0.15, -0.1) is 0 Å². The second-order valence-corrected chi connectivity index (χ2v) is 7.78. The second-order valence-electron chi connectivity index (χ2n) is 6.91. The summed E-state index contributed by atoms with van der Waals surface area (Å²) in [6.07, 6.45) is 5.43. The van der Waals surface area contributed by atoms with Crippen LogP contribution in [0.2, 0.25) is 0 Å². The Labute approximate surface area is 172 Å². The monoisotopic (exact) mass is 413 g/mol. The molecule has 0 radical (unpaired) electrons. The Balaban J connectivity index is 1.79. The molecule has 0 saturated heterocycles. The van der Waals surface area contributed by atoms with Gasteiger partial charge in [0.25, 0.3) is 0 Å². The van der Waals surface area contributed by atoms with Gasteiger partial charge in [-0.25, -0.2) is 13.8 Å². The predicted octanol–water partition coefficient (Wildman–Crippen LogP) is 5.74. The summed E-state index contributed by atoms with van der Waals surface area (Å²) in [7, 11) is 0. The van der Waals surface area contributed by atoms with Gasteiger partial charge in [-0.3, -0.25) is 0 Å². The van der Waals surface area contributed by atoms with Crippen LogP contribution in [0.4, 0.5) is 20.4 Å². The van der Waals surface area contributed by atoms with Crippen LogP contribution >= 0.6 is 11.8 Å². The first kappa shape index (κ1) is 19.6. The average molecular weight is 413 g/mol. The van der Waals surface area contributed by atoms with Gasteiger partial charge < -0.3 is 10.1 Å². The van der Waals surface area contributed by atoms with Crippen LogP contribution in [0, 0.1) is 11.6 Å². The molecule has 3 aromatic rings. The number of ether oxygens (including phenoxy) is 1. The first-order valence-electron chi connectivity index (χ1n) is 9.46. The number of rotatable bonds is 2. The van der Waals surface area contributed by atoms with E-state index in [2.05, 4.69) is 15.3 Å². The van der Waals surface area contributed by atoms with E-state index in [-0.39, 0.29) is 5.82 Å². The molecular formula is C22H21F2N3OS. The van der Waals surface area contributed by atoms with E-state index in [4.69, 9.17) is 4.74 Å². The van der Waals surface area contributed by atoms with Crippen molar-refractivity contribution in [1.29, 1.82) is 0 Å². The summed E-state index contributed by atoms with van der Waals surface area (Å²) >= 11 is 1.71. The van der Waals surface area contributed by atoms with Crippen molar-refractivity contribution < 1.29 is 13.5 Å². The fourth-order valence-corrected chi connectivity index (χ4v) is 3.92. The molecule has 4 bridgehead atoms. The van der Waals surface area contributed by atoms with Crippen molar-refractivity contribution in [2.45, 2.75) is 25.0 Å². The number of halogens is 2. The van der Waals surface area contributed by atoms with Gasteiger partial charge in [0.05, 0.1) is 12.8 Å². The number of nitrogens with one attached hydrogen (secondary N) is 1.